The van der Waals surface area contributed by atoms with E-state index in [1.807, 2.05) is 13.8 Å². The maximum absolute atomic E-state index is 5.44. The Kier molecular flexibility index (Phi) is 5.38. The highest BCUT2D eigenvalue weighted by molar-refractivity contribution is 5.38. The molecule has 6 heteroatoms. The zero-order valence-electron chi connectivity index (χ0n) is 12.7. The minimum absolute atomic E-state index is 0.399. The first-order valence-electron chi connectivity index (χ1n) is 7.60. The summed E-state index contributed by atoms with van der Waals surface area (Å²) in [7, 11) is 2.07. The number of anilines is 2. The summed E-state index contributed by atoms with van der Waals surface area (Å²) in [5.74, 6) is 1.29. The average Bonchev–Trinajstić information content (AvgIpc) is 2.48. The second-order valence-corrected chi connectivity index (χ2v) is 5.11. The van der Waals surface area contributed by atoms with E-state index in [4.69, 9.17) is 4.74 Å². The van der Waals surface area contributed by atoms with Gasteiger partial charge in [-0.05, 0) is 26.7 Å². The molecular weight excluding hydrogens is 254 g/mol. The van der Waals surface area contributed by atoms with Gasteiger partial charge in [-0.1, -0.05) is 19.3 Å². The van der Waals surface area contributed by atoms with E-state index in [1.54, 1.807) is 0 Å². The van der Waals surface area contributed by atoms with E-state index in [-0.39, 0.29) is 0 Å². The highest BCUT2D eigenvalue weighted by atomic mass is 16.5. The minimum atomic E-state index is 0.399. The fraction of sp³-hybridized carbons (Fsp3) is 0.786. The van der Waals surface area contributed by atoms with Crippen LogP contribution in [0.2, 0.25) is 0 Å². The molecule has 112 valence electrons. The van der Waals surface area contributed by atoms with Crippen LogP contribution < -0.4 is 15.0 Å². The number of hydrogen-bond acceptors (Lipinski definition) is 6. The molecule has 1 fully saturated rings. The molecule has 6 nitrogen and oxygen atoms in total. The smallest absolute Gasteiger partial charge is 0.323 e. The van der Waals surface area contributed by atoms with Crippen LogP contribution in [-0.2, 0) is 0 Å². The fourth-order valence-electron chi connectivity index (χ4n) is 2.57. The first-order valence-corrected chi connectivity index (χ1v) is 7.60. The van der Waals surface area contributed by atoms with Gasteiger partial charge >= 0.3 is 6.01 Å². The van der Waals surface area contributed by atoms with E-state index in [9.17, 15) is 0 Å². The van der Waals surface area contributed by atoms with Crippen LogP contribution in [0.4, 0.5) is 11.9 Å². The lowest BCUT2D eigenvalue weighted by atomic mass is 9.95. The Labute approximate surface area is 121 Å². The van der Waals surface area contributed by atoms with Crippen LogP contribution in [0.5, 0.6) is 6.01 Å². The van der Waals surface area contributed by atoms with Gasteiger partial charge in [0.15, 0.2) is 0 Å². The zero-order chi connectivity index (χ0) is 14.4. The van der Waals surface area contributed by atoms with E-state index in [0.29, 0.717) is 30.6 Å². The van der Waals surface area contributed by atoms with Crippen molar-refractivity contribution in [2.24, 2.45) is 0 Å². The standard InChI is InChI=1S/C14H25N5O/c1-4-15-12-16-13(18-14(17-12)20-5-2)19(3)11-9-7-6-8-10-11/h11H,4-10H2,1-3H3,(H,15,16,17,18). The molecule has 0 amide bonds. The molecular formula is C14H25N5O. The molecule has 0 aliphatic heterocycles. The third-order valence-electron chi connectivity index (χ3n) is 3.65. The molecule has 20 heavy (non-hydrogen) atoms. The summed E-state index contributed by atoms with van der Waals surface area (Å²) in [5, 5.41) is 3.14. The maximum Gasteiger partial charge on any atom is 0.323 e. The van der Waals surface area contributed by atoms with E-state index < -0.39 is 0 Å². The van der Waals surface area contributed by atoms with E-state index >= 15 is 0 Å². The molecule has 1 aliphatic carbocycles. The van der Waals surface area contributed by atoms with Gasteiger partial charge in [-0.3, -0.25) is 0 Å². The summed E-state index contributed by atoms with van der Waals surface area (Å²) < 4.78 is 5.44. The molecule has 2 rings (SSSR count). The van der Waals surface area contributed by atoms with Crippen molar-refractivity contribution in [2.45, 2.75) is 52.0 Å². The Bertz CT molecular complexity index is 396. The van der Waals surface area contributed by atoms with Crippen molar-refractivity contribution < 1.29 is 4.74 Å². The van der Waals surface area contributed by atoms with Crippen molar-refractivity contribution in [2.75, 3.05) is 30.4 Å². The predicted octanol–water partition coefficient (Wildman–Crippen LogP) is 2.47. The minimum Gasteiger partial charge on any atom is -0.464 e. The highest BCUT2D eigenvalue weighted by Crippen LogP contribution is 2.25. The SMILES string of the molecule is CCNc1nc(OCC)nc(N(C)C2CCCCC2)n1. The zero-order valence-corrected chi connectivity index (χ0v) is 12.7. The topological polar surface area (TPSA) is 63.2 Å². The number of ether oxygens (including phenoxy) is 1. The van der Waals surface area contributed by atoms with Crippen molar-refractivity contribution in [3.63, 3.8) is 0 Å². The lowest BCUT2D eigenvalue weighted by Crippen LogP contribution is -2.34. The Balaban J connectivity index is 2.19. The second kappa shape index (κ2) is 7.26. The van der Waals surface area contributed by atoms with Gasteiger partial charge in [-0.25, -0.2) is 0 Å². The van der Waals surface area contributed by atoms with Crippen LogP contribution in [0.3, 0.4) is 0 Å². The van der Waals surface area contributed by atoms with Gasteiger partial charge in [0.1, 0.15) is 0 Å². The molecule has 1 aliphatic rings. The van der Waals surface area contributed by atoms with Crippen molar-refractivity contribution in [3.05, 3.63) is 0 Å². The van der Waals surface area contributed by atoms with Crippen LogP contribution in [0, 0.1) is 0 Å². The second-order valence-electron chi connectivity index (χ2n) is 5.11. The Morgan fingerprint density at radius 3 is 2.55 bits per heavy atom. The van der Waals surface area contributed by atoms with E-state index in [0.717, 1.165) is 6.54 Å². The molecule has 1 N–H and O–H groups in total. The Morgan fingerprint density at radius 1 is 1.15 bits per heavy atom. The quantitative estimate of drug-likeness (QED) is 0.863. The number of aromatic nitrogens is 3. The normalized spacial score (nSPS) is 15.9. The third-order valence-corrected chi connectivity index (χ3v) is 3.65. The summed E-state index contributed by atoms with van der Waals surface area (Å²) in [5.41, 5.74) is 0. The number of rotatable bonds is 6. The first kappa shape index (κ1) is 14.8. The summed E-state index contributed by atoms with van der Waals surface area (Å²) in [6.07, 6.45) is 6.34. The molecule has 1 heterocycles. The molecule has 0 unspecified atom stereocenters. The lowest BCUT2D eigenvalue weighted by Gasteiger charge is -2.31. The summed E-state index contributed by atoms with van der Waals surface area (Å²) in [4.78, 5) is 15.3. The van der Waals surface area contributed by atoms with Crippen molar-refractivity contribution in [3.8, 4) is 6.01 Å². The van der Waals surface area contributed by atoms with Gasteiger partial charge in [0.25, 0.3) is 0 Å². The van der Waals surface area contributed by atoms with Gasteiger partial charge in [0, 0.05) is 19.6 Å². The highest BCUT2D eigenvalue weighted by Gasteiger charge is 2.21. The molecule has 0 atom stereocenters. The molecule has 1 aromatic rings. The molecule has 0 radical (unpaired) electrons. The summed E-state index contributed by atoms with van der Waals surface area (Å²) in [6, 6.07) is 0.922. The molecule has 1 saturated carbocycles. The molecule has 0 saturated heterocycles. The number of hydrogen-bond donors (Lipinski definition) is 1. The van der Waals surface area contributed by atoms with Gasteiger partial charge in [-0.15, -0.1) is 0 Å². The van der Waals surface area contributed by atoms with Crippen molar-refractivity contribution in [1.82, 2.24) is 15.0 Å². The number of nitrogens with zero attached hydrogens (tertiary/aromatic N) is 4. The maximum atomic E-state index is 5.44. The van der Waals surface area contributed by atoms with Gasteiger partial charge in [0.2, 0.25) is 11.9 Å². The predicted molar refractivity (Wildman–Crippen MR) is 80.4 cm³/mol. The van der Waals surface area contributed by atoms with Crippen molar-refractivity contribution >= 4 is 11.9 Å². The summed E-state index contributed by atoms with van der Waals surface area (Å²) >= 11 is 0. The van der Waals surface area contributed by atoms with Gasteiger partial charge in [0.05, 0.1) is 6.61 Å². The van der Waals surface area contributed by atoms with Crippen LogP contribution in [0.1, 0.15) is 46.0 Å². The largest absolute Gasteiger partial charge is 0.464 e. The van der Waals surface area contributed by atoms with E-state index in [2.05, 4.69) is 32.2 Å². The third kappa shape index (κ3) is 3.71. The molecule has 0 aromatic carbocycles. The Morgan fingerprint density at radius 2 is 1.90 bits per heavy atom. The Hall–Kier alpha value is -1.59. The summed E-state index contributed by atoms with van der Waals surface area (Å²) in [6.45, 7) is 5.29. The fourth-order valence-corrected chi connectivity index (χ4v) is 2.57. The van der Waals surface area contributed by atoms with Crippen molar-refractivity contribution in [1.29, 1.82) is 0 Å². The van der Waals surface area contributed by atoms with Gasteiger partial charge in [-0.2, -0.15) is 15.0 Å². The lowest BCUT2D eigenvalue weighted by molar-refractivity contribution is 0.311. The first-order chi connectivity index (χ1) is 9.74. The monoisotopic (exact) mass is 279 g/mol. The number of nitrogens with one attached hydrogen (secondary N) is 1. The van der Waals surface area contributed by atoms with Crippen LogP contribution >= 0.6 is 0 Å². The van der Waals surface area contributed by atoms with Crippen LogP contribution in [0.25, 0.3) is 0 Å². The molecule has 0 spiro atoms. The van der Waals surface area contributed by atoms with E-state index in [1.165, 1.54) is 32.1 Å². The average molecular weight is 279 g/mol. The van der Waals surface area contributed by atoms with Gasteiger partial charge < -0.3 is 15.0 Å². The molecule has 1 aromatic heterocycles. The molecule has 0 bridgehead atoms. The van der Waals surface area contributed by atoms with Crippen LogP contribution in [-0.4, -0.2) is 41.2 Å². The van der Waals surface area contributed by atoms with Crippen LogP contribution in [0.15, 0.2) is 0 Å².